The van der Waals surface area contributed by atoms with Crippen molar-refractivity contribution >= 4 is 52.9 Å². The third-order valence-electron chi connectivity index (χ3n) is 12.9. The van der Waals surface area contributed by atoms with E-state index in [1.54, 1.807) is 21.2 Å². The molecule has 0 radical (unpaired) electrons. The van der Waals surface area contributed by atoms with E-state index in [0.717, 1.165) is 0 Å². The molecular weight excluding hydrogens is 1230 g/mol. The number of hydrogen-bond acceptors (Lipinski definition) is 0. The molecule has 360 valence electrons. The molecule has 0 fully saturated rings. The Morgan fingerprint density at radius 3 is 0.455 bits per heavy atom. The van der Waals surface area contributed by atoms with Crippen molar-refractivity contribution in [2.75, 3.05) is 0 Å². The summed E-state index contributed by atoms with van der Waals surface area (Å²) >= 11 is 0. The summed E-state index contributed by atoms with van der Waals surface area (Å²) in [5.74, 6) is 0. The first-order chi connectivity index (χ1) is 30.5. The maximum atomic E-state index is 2.41. The Bertz CT molecular complexity index is 2020. The predicted molar refractivity (Wildman–Crippen MR) is 308 cm³/mol. The molecule has 0 N–H and O–H groups in total. The molecule has 6 rings (SSSR count). The van der Waals surface area contributed by atoms with Crippen LogP contribution in [0.1, 0.15) is 111 Å². The van der Waals surface area contributed by atoms with E-state index in [2.05, 4.69) is 256 Å². The zero-order chi connectivity index (χ0) is 46.8. The normalized spacial score (nSPS) is 11.8. The van der Waals surface area contributed by atoms with E-state index >= 15 is 0 Å². The fraction of sp³-hybridized carbons (Fsp3) is 0.400. The molecule has 0 aliphatic carbocycles. The van der Waals surface area contributed by atoms with Gasteiger partial charge in [-0.15, -0.1) is 0 Å². The molecule has 0 heterocycles. The van der Waals surface area contributed by atoms with Crippen molar-refractivity contribution in [2.24, 2.45) is 0 Å². The van der Waals surface area contributed by atoms with Gasteiger partial charge >= 0.3 is 0 Å². The number of hydrogen-bond donors (Lipinski definition) is 0. The van der Waals surface area contributed by atoms with Gasteiger partial charge in [0, 0.05) is 96.1 Å². The van der Waals surface area contributed by atoms with Gasteiger partial charge in [-0.05, 0) is 157 Å². The van der Waals surface area contributed by atoms with Gasteiger partial charge in [-0.3, -0.25) is 0 Å². The summed E-state index contributed by atoms with van der Waals surface area (Å²) in [5, 5.41) is 6.35. The molecule has 6 aromatic rings. The van der Waals surface area contributed by atoms with Crippen LogP contribution in [-0.4, -0.2) is 45.3 Å². The van der Waals surface area contributed by atoms with Crippen LogP contribution >= 0.6 is 31.7 Å². The smallest absolute Gasteiger partial charge is 0.0616 e. The first kappa shape index (κ1) is 58.7. The van der Waals surface area contributed by atoms with Gasteiger partial charge in [-0.25, -0.2) is 0 Å². The van der Waals surface area contributed by atoms with E-state index in [9.17, 15) is 0 Å². The van der Waals surface area contributed by atoms with Gasteiger partial charge in [0.25, 0.3) is 0 Å². The standard InChI is InChI=1S/2C30H40P2.2Pt/c2*1-21(2)31(22(3)4)29-19-13-11-17-27(29)25-15-9-10-16-26(25)28-18-12-14-20-30(28)32(23(5)6)24(7)8;;/h2*9-24H,1-8H3;;/p+4. The maximum Gasteiger partial charge on any atom is 0.0998 e. The van der Waals surface area contributed by atoms with Crippen molar-refractivity contribution in [3.05, 3.63) is 146 Å². The average Bonchev–Trinajstić information content (AvgIpc) is 3.24. The van der Waals surface area contributed by atoms with Crippen molar-refractivity contribution in [3.63, 3.8) is 0 Å². The second-order valence-electron chi connectivity index (χ2n) is 20.3. The van der Waals surface area contributed by atoms with E-state index in [4.69, 9.17) is 0 Å². The van der Waals surface area contributed by atoms with Crippen molar-refractivity contribution in [1.82, 2.24) is 0 Å². The quantitative estimate of drug-likeness (QED) is 0.0848. The molecule has 0 atom stereocenters. The molecule has 66 heavy (non-hydrogen) atoms. The van der Waals surface area contributed by atoms with Crippen molar-refractivity contribution in [2.45, 2.75) is 156 Å². The van der Waals surface area contributed by atoms with Gasteiger partial charge in [0.05, 0.1) is 66.5 Å². The SMILES string of the molecule is CC(C)[PH+](c1ccccc1-c1ccccc1-c1ccccc1[PH+](C(C)C)C(C)C)C(C)C.CC(C)[PH+](c1ccccc1-c1ccccc1-c1ccccc1[PH+](C(C)C)C(C)C)C(C)C.[Pt].[Pt]. The molecule has 0 aromatic heterocycles. The van der Waals surface area contributed by atoms with Crippen LogP contribution in [-0.2, 0) is 42.1 Å². The van der Waals surface area contributed by atoms with Crippen LogP contribution in [0.3, 0.4) is 0 Å². The molecule has 0 nitrogen and oxygen atoms in total. The van der Waals surface area contributed by atoms with Gasteiger partial charge in [0.2, 0.25) is 0 Å². The zero-order valence-corrected chi connectivity index (χ0v) is 51.7. The molecule has 0 saturated carbocycles. The van der Waals surface area contributed by atoms with E-state index in [1.807, 2.05) is 0 Å². The third kappa shape index (κ3) is 14.3. The van der Waals surface area contributed by atoms with E-state index in [-0.39, 0.29) is 42.1 Å². The van der Waals surface area contributed by atoms with Crippen LogP contribution in [0.4, 0.5) is 0 Å². The molecule has 0 amide bonds. The molecule has 0 saturated heterocycles. The fourth-order valence-corrected chi connectivity index (χ4v) is 24.5. The van der Waals surface area contributed by atoms with Crippen LogP contribution in [0.15, 0.2) is 146 Å². The Balaban J connectivity index is 0.000000340. The van der Waals surface area contributed by atoms with E-state index < -0.39 is 31.7 Å². The molecule has 0 aliphatic heterocycles. The van der Waals surface area contributed by atoms with Crippen LogP contribution in [0.25, 0.3) is 44.5 Å². The van der Waals surface area contributed by atoms with Crippen LogP contribution < -0.4 is 21.2 Å². The van der Waals surface area contributed by atoms with Crippen LogP contribution in [0.5, 0.6) is 0 Å². The predicted octanol–water partition coefficient (Wildman–Crippen LogP) is 16.7. The number of rotatable bonds is 16. The number of benzene rings is 6. The maximum absolute atomic E-state index is 2.41. The first-order valence-corrected chi connectivity index (χ1v) is 31.1. The molecule has 0 spiro atoms. The summed E-state index contributed by atoms with van der Waals surface area (Å²) in [7, 11) is -2.71. The summed E-state index contributed by atoms with van der Waals surface area (Å²) < 4.78 is 0. The monoisotopic (exact) mass is 1320 g/mol. The first-order valence-electron chi connectivity index (χ1n) is 24.5. The summed E-state index contributed by atoms with van der Waals surface area (Å²) in [5.41, 5.74) is 17.0. The summed E-state index contributed by atoms with van der Waals surface area (Å²) in [6, 6.07) is 55.2. The Morgan fingerprint density at radius 2 is 0.318 bits per heavy atom. The molecule has 0 aliphatic rings. The Morgan fingerprint density at radius 1 is 0.197 bits per heavy atom. The average molecular weight is 1320 g/mol. The Kier molecular flexibility index (Phi) is 24.7. The topological polar surface area (TPSA) is 0 Å². The van der Waals surface area contributed by atoms with Gasteiger partial charge in [0.15, 0.2) is 0 Å². The summed E-state index contributed by atoms with van der Waals surface area (Å²) in [4.78, 5) is 0. The van der Waals surface area contributed by atoms with Crippen LogP contribution in [0.2, 0.25) is 0 Å². The van der Waals surface area contributed by atoms with Crippen LogP contribution in [0, 0.1) is 0 Å². The second-order valence-corrected chi connectivity index (χ2v) is 35.4. The molecule has 0 bridgehead atoms. The second kappa shape index (κ2) is 27.7. The van der Waals surface area contributed by atoms with Gasteiger partial charge in [-0.1, -0.05) is 121 Å². The Hall–Kier alpha value is -1.58. The van der Waals surface area contributed by atoms with Gasteiger partial charge in [-0.2, -0.15) is 0 Å². The third-order valence-corrected chi connectivity index (χ3v) is 27.1. The summed E-state index contributed by atoms with van der Waals surface area (Å²) in [6.45, 7) is 38.5. The van der Waals surface area contributed by atoms with Crippen molar-refractivity contribution in [1.29, 1.82) is 0 Å². The minimum absolute atomic E-state index is 0. The minimum Gasteiger partial charge on any atom is -0.0616 e. The van der Waals surface area contributed by atoms with E-state index in [1.165, 1.54) is 44.5 Å². The van der Waals surface area contributed by atoms with Gasteiger partial charge < -0.3 is 0 Å². The fourth-order valence-electron chi connectivity index (χ4n) is 10.9. The summed E-state index contributed by atoms with van der Waals surface area (Å²) in [6.07, 6.45) is 0. The minimum atomic E-state index is -0.677. The van der Waals surface area contributed by atoms with Gasteiger partial charge in [0.1, 0.15) is 0 Å². The van der Waals surface area contributed by atoms with E-state index in [0.29, 0.717) is 45.3 Å². The molecular formula is C60H84P4Pt2+4. The Labute approximate surface area is 437 Å². The molecule has 0 unspecified atom stereocenters. The van der Waals surface area contributed by atoms with Crippen molar-refractivity contribution in [3.8, 4) is 44.5 Å². The molecule has 6 heteroatoms. The largest absolute Gasteiger partial charge is 0.0998 e. The molecule has 6 aromatic carbocycles. The zero-order valence-electron chi connectivity index (χ0n) is 43.1. The van der Waals surface area contributed by atoms with Crippen molar-refractivity contribution < 1.29 is 42.1 Å².